The predicted octanol–water partition coefficient (Wildman–Crippen LogP) is 2.30. The maximum atomic E-state index is 12.9. The molecule has 5 nitrogen and oxygen atoms in total. The van der Waals surface area contributed by atoms with E-state index in [1.54, 1.807) is 4.90 Å². The molecular weight excluding hydrogens is 380 g/mol. The quantitative estimate of drug-likeness (QED) is 0.608. The summed E-state index contributed by atoms with van der Waals surface area (Å²) in [6.45, 7) is 13.2. The fourth-order valence-corrected chi connectivity index (χ4v) is 4.63. The third kappa shape index (κ3) is 4.98. The largest absolute Gasteiger partial charge is 0.363 e. The highest BCUT2D eigenvalue weighted by atomic mass is 32.1. The Morgan fingerprint density at radius 2 is 2.14 bits per heavy atom. The number of nitrogens with one attached hydrogen (secondary N) is 3. The van der Waals surface area contributed by atoms with Gasteiger partial charge in [-0.3, -0.25) is 4.79 Å². The molecule has 0 spiro atoms. The van der Waals surface area contributed by atoms with Crippen LogP contribution in [0.1, 0.15) is 49.8 Å². The fraction of sp³-hybridized carbons (Fsp3) is 0.565. The summed E-state index contributed by atoms with van der Waals surface area (Å²) >= 11 is 5.72. The molecule has 158 valence electrons. The van der Waals surface area contributed by atoms with Crippen molar-refractivity contribution in [2.75, 3.05) is 26.2 Å². The van der Waals surface area contributed by atoms with Crippen molar-refractivity contribution in [2.45, 2.75) is 59.5 Å². The predicted molar refractivity (Wildman–Crippen MR) is 125 cm³/mol. The number of benzene rings is 1. The summed E-state index contributed by atoms with van der Waals surface area (Å²) in [6.07, 6.45) is 3.52. The number of aromatic nitrogens is 1. The lowest BCUT2D eigenvalue weighted by atomic mass is 10.0. The van der Waals surface area contributed by atoms with Crippen LogP contribution in [-0.4, -0.2) is 47.2 Å². The van der Waals surface area contributed by atoms with Crippen LogP contribution < -0.4 is 15.8 Å². The first-order chi connectivity index (χ1) is 13.9. The number of likely N-dealkylation sites (tertiary alicyclic amines) is 1. The Hall–Kier alpha value is -1.92. The van der Waals surface area contributed by atoms with Crippen LogP contribution in [0.4, 0.5) is 0 Å². The van der Waals surface area contributed by atoms with E-state index in [4.69, 9.17) is 12.2 Å². The molecule has 0 aliphatic carbocycles. The van der Waals surface area contributed by atoms with Gasteiger partial charge in [0.25, 0.3) is 5.56 Å². The molecule has 0 bridgehead atoms. The van der Waals surface area contributed by atoms with Crippen molar-refractivity contribution in [1.82, 2.24) is 15.2 Å². The van der Waals surface area contributed by atoms with Crippen LogP contribution in [-0.2, 0) is 6.54 Å². The van der Waals surface area contributed by atoms with Crippen LogP contribution >= 0.6 is 12.2 Å². The Morgan fingerprint density at radius 3 is 2.86 bits per heavy atom. The van der Waals surface area contributed by atoms with Crippen LogP contribution in [0.15, 0.2) is 23.0 Å². The third-order valence-electron chi connectivity index (χ3n) is 6.33. The van der Waals surface area contributed by atoms with Gasteiger partial charge in [-0.05, 0) is 62.0 Å². The molecule has 1 aliphatic heterocycles. The zero-order valence-electron chi connectivity index (χ0n) is 18.2. The van der Waals surface area contributed by atoms with Gasteiger partial charge in [-0.15, -0.1) is 0 Å². The van der Waals surface area contributed by atoms with Crippen LogP contribution in [0.25, 0.3) is 10.9 Å². The molecule has 0 amide bonds. The summed E-state index contributed by atoms with van der Waals surface area (Å²) in [5.41, 5.74) is 4.03. The van der Waals surface area contributed by atoms with Gasteiger partial charge >= 0.3 is 0 Å². The summed E-state index contributed by atoms with van der Waals surface area (Å²) in [6, 6.07) is 6.82. The molecule has 0 saturated carbocycles. The number of thiocarbonyl (C=S) groups is 1. The standard InChI is InChI=1S/C23H34N4OS/c1-5-11-24-23(29)27(15-20-8-7-12-26(20)6-2)14-19-13-18-10-9-16(3)17(4)21(18)25-22(19)28/h9-10,13,20H,5-8,11-12,14-15H2,1-4H3,(H,24,29)(H,25,28)/p+1/t20-/m0/s1. The Kier molecular flexibility index (Phi) is 7.30. The molecule has 1 saturated heterocycles. The first-order valence-electron chi connectivity index (χ1n) is 10.9. The minimum atomic E-state index is -0.0133. The number of quaternary nitrogens is 1. The van der Waals surface area contributed by atoms with E-state index in [2.05, 4.69) is 55.0 Å². The summed E-state index contributed by atoms with van der Waals surface area (Å²) in [7, 11) is 0. The lowest BCUT2D eigenvalue weighted by Crippen LogP contribution is -3.14. The van der Waals surface area contributed by atoms with Crippen molar-refractivity contribution in [3.63, 3.8) is 0 Å². The van der Waals surface area contributed by atoms with Gasteiger partial charge in [-0.25, -0.2) is 0 Å². The minimum Gasteiger partial charge on any atom is -0.363 e. The van der Waals surface area contributed by atoms with Crippen molar-refractivity contribution in [3.8, 4) is 0 Å². The molecule has 1 aliphatic rings. The smallest absolute Gasteiger partial charge is 0.253 e. The molecule has 2 aromatic rings. The lowest BCUT2D eigenvalue weighted by Gasteiger charge is -2.30. The number of fused-ring (bicyclic) bond motifs is 1. The molecule has 2 atom stereocenters. The van der Waals surface area contributed by atoms with E-state index in [9.17, 15) is 4.79 Å². The van der Waals surface area contributed by atoms with E-state index >= 15 is 0 Å². The highest BCUT2D eigenvalue weighted by Crippen LogP contribution is 2.19. The molecule has 2 heterocycles. The Labute approximate surface area is 179 Å². The van der Waals surface area contributed by atoms with Gasteiger partial charge in [-0.2, -0.15) is 0 Å². The van der Waals surface area contributed by atoms with Crippen LogP contribution in [0.3, 0.4) is 0 Å². The second-order valence-electron chi connectivity index (χ2n) is 8.31. The first-order valence-corrected chi connectivity index (χ1v) is 11.3. The van der Waals surface area contributed by atoms with E-state index in [1.807, 2.05) is 6.07 Å². The van der Waals surface area contributed by atoms with E-state index in [-0.39, 0.29) is 5.56 Å². The van der Waals surface area contributed by atoms with E-state index < -0.39 is 0 Å². The molecule has 29 heavy (non-hydrogen) atoms. The molecule has 3 rings (SSSR count). The molecule has 1 unspecified atom stereocenters. The number of hydrogen-bond acceptors (Lipinski definition) is 2. The SMILES string of the molecule is CCCNC(=S)N(Cc1cc2ccc(C)c(C)c2[nH]c1=O)C[C@@H]1CCC[NH+]1CC. The van der Waals surface area contributed by atoms with Crippen molar-refractivity contribution < 1.29 is 4.90 Å². The molecule has 1 fully saturated rings. The maximum absolute atomic E-state index is 12.9. The van der Waals surface area contributed by atoms with E-state index in [1.165, 1.54) is 24.9 Å². The minimum absolute atomic E-state index is 0.0133. The maximum Gasteiger partial charge on any atom is 0.253 e. The molecule has 0 radical (unpaired) electrons. The van der Waals surface area contributed by atoms with Crippen LogP contribution in [0.5, 0.6) is 0 Å². The zero-order valence-corrected chi connectivity index (χ0v) is 19.0. The Morgan fingerprint density at radius 1 is 1.34 bits per heavy atom. The summed E-state index contributed by atoms with van der Waals surface area (Å²) < 4.78 is 0. The second-order valence-corrected chi connectivity index (χ2v) is 8.70. The average Bonchev–Trinajstić information content (AvgIpc) is 3.16. The van der Waals surface area contributed by atoms with Gasteiger partial charge < -0.3 is 20.1 Å². The fourth-order valence-electron chi connectivity index (χ4n) is 4.39. The van der Waals surface area contributed by atoms with Crippen molar-refractivity contribution in [3.05, 3.63) is 45.2 Å². The van der Waals surface area contributed by atoms with Crippen molar-refractivity contribution in [1.29, 1.82) is 0 Å². The van der Waals surface area contributed by atoms with Gasteiger partial charge in [0.2, 0.25) is 0 Å². The molecular formula is C23H35N4OS+. The van der Waals surface area contributed by atoms with Crippen LogP contribution in [0.2, 0.25) is 0 Å². The van der Waals surface area contributed by atoms with E-state index in [0.29, 0.717) is 12.6 Å². The zero-order chi connectivity index (χ0) is 21.0. The van der Waals surface area contributed by atoms with Gasteiger partial charge in [-0.1, -0.05) is 19.1 Å². The van der Waals surface area contributed by atoms with Crippen molar-refractivity contribution in [2.24, 2.45) is 0 Å². The number of aromatic amines is 1. The highest BCUT2D eigenvalue weighted by Gasteiger charge is 2.30. The number of H-pyrrole nitrogens is 1. The Bertz CT molecular complexity index is 923. The monoisotopic (exact) mass is 415 g/mol. The van der Waals surface area contributed by atoms with Gasteiger partial charge in [0.15, 0.2) is 5.11 Å². The van der Waals surface area contributed by atoms with Crippen LogP contribution in [0, 0.1) is 13.8 Å². The molecule has 3 N–H and O–H groups in total. The van der Waals surface area contributed by atoms with Gasteiger partial charge in [0.05, 0.1) is 31.7 Å². The lowest BCUT2D eigenvalue weighted by molar-refractivity contribution is -0.909. The summed E-state index contributed by atoms with van der Waals surface area (Å²) in [4.78, 5) is 19.8. The topological polar surface area (TPSA) is 52.6 Å². The first kappa shape index (κ1) is 21.8. The molecule has 1 aromatic heterocycles. The highest BCUT2D eigenvalue weighted by molar-refractivity contribution is 7.80. The molecule has 1 aromatic carbocycles. The number of pyridine rings is 1. The number of aryl methyl sites for hydroxylation is 2. The van der Waals surface area contributed by atoms with Gasteiger partial charge in [0.1, 0.15) is 6.04 Å². The van der Waals surface area contributed by atoms with Crippen molar-refractivity contribution >= 4 is 28.2 Å². The second kappa shape index (κ2) is 9.72. The average molecular weight is 416 g/mol. The normalized spacial score (nSPS) is 18.9. The third-order valence-corrected chi connectivity index (χ3v) is 6.73. The summed E-state index contributed by atoms with van der Waals surface area (Å²) in [5, 5.41) is 5.21. The summed E-state index contributed by atoms with van der Waals surface area (Å²) in [5.74, 6) is 0. The number of nitrogens with zero attached hydrogens (tertiary/aromatic N) is 1. The Balaban J connectivity index is 1.88. The number of hydrogen-bond donors (Lipinski definition) is 3. The van der Waals surface area contributed by atoms with E-state index in [0.717, 1.165) is 53.2 Å². The number of rotatable bonds is 7. The van der Waals surface area contributed by atoms with Gasteiger partial charge in [0, 0.05) is 24.9 Å². The number of likely N-dealkylation sites (N-methyl/N-ethyl adjacent to an activating group) is 1. The molecule has 6 heteroatoms.